The van der Waals surface area contributed by atoms with E-state index in [0.717, 1.165) is 4.70 Å². The van der Waals surface area contributed by atoms with E-state index in [4.69, 9.17) is 25.7 Å². The van der Waals surface area contributed by atoms with Crippen LogP contribution in [0.1, 0.15) is 28.6 Å². The highest BCUT2D eigenvalue weighted by molar-refractivity contribution is 7.22. The van der Waals surface area contributed by atoms with Crippen LogP contribution in [0.2, 0.25) is 5.02 Å². The lowest BCUT2D eigenvalue weighted by Crippen LogP contribution is -2.53. The predicted octanol–water partition coefficient (Wildman–Crippen LogP) is 5.34. The zero-order valence-electron chi connectivity index (χ0n) is 20.1. The standard InChI is InChI=1S/C28H18ClN3O5S/c1-3-31-19-7-5-4-6-17(19)28(26(31)35)22-23(33)16-12-14(29)8-11-20(16)37-24(22)25(34)32(28)27-30-18-10-9-15(36-2)13-21(18)38-27/h4-13H,3H2,1-2H3. The second kappa shape index (κ2) is 7.89. The Morgan fingerprint density at radius 1 is 1.08 bits per heavy atom. The maximum atomic E-state index is 14.5. The van der Waals surface area contributed by atoms with Gasteiger partial charge >= 0.3 is 0 Å². The lowest BCUT2D eigenvalue weighted by Gasteiger charge is -2.32. The van der Waals surface area contributed by atoms with Gasteiger partial charge in [0, 0.05) is 17.1 Å². The first-order chi connectivity index (χ1) is 18.4. The maximum absolute atomic E-state index is 14.5. The van der Waals surface area contributed by atoms with Crippen molar-refractivity contribution >= 4 is 66.8 Å². The third-order valence-electron chi connectivity index (χ3n) is 7.18. The smallest absolute Gasteiger partial charge is 0.297 e. The van der Waals surface area contributed by atoms with Crippen molar-refractivity contribution in [1.82, 2.24) is 4.98 Å². The molecular weight excluding hydrogens is 526 g/mol. The van der Waals surface area contributed by atoms with E-state index < -0.39 is 22.8 Å². The Balaban J connectivity index is 1.61. The Labute approximate surface area is 224 Å². The summed E-state index contributed by atoms with van der Waals surface area (Å²) in [4.78, 5) is 50.5. The fourth-order valence-corrected chi connectivity index (χ4v) is 6.78. The number of halogens is 1. The minimum absolute atomic E-state index is 0.0255. The predicted molar refractivity (Wildman–Crippen MR) is 146 cm³/mol. The first-order valence-corrected chi connectivity index (χ1v) is 13.1. The molecule has 10 heteroatoms. The highest BCUT2D eigenvalue weighted by atomic mass is 35.5. The third kappa shape index (κ3) is 2.74. The number of hydrogen-bond donors (Lipinski definition) is 0. The van der Waals surface area contributed by atoms with Crippen molar-refractivity contribution < 1.29 is 18.7 Å². The van der Waals surface area contributed by atoms with Crippen LogP contribution >= 0.6 is 22.9 Å². The molecular formula is C28H18ClN3O5S. The van der Waals surface area contributed by atoms with E-state index in [1.54, 1.807) is 48.4 Å². The number of anilines is 2. The number of benzene rings is 3. The van der Waals surface area contributed by atoms with Crippen molar-refractivity contribution in [2.75, 3.05) is 23.5 Å². The summed E-state index contributed by atoms with van der Waals surface area (Å²) in [7, 11) is 1.57. The minimum Gasteiger partial charge on any atom is -0.497 e. The maximum Gasteiger partial charge on any atom is 0.297 e. The Morgan fingerprint density at radius 2 is 1.89 bits per heavy atom. The first kappa shape index (κ1) is 22.9. The number of carbonyl (C=O) groups excluding carboxylic acids is 2. The molecule has 0 saturated carbocycles. The number of ether oxygens (including phenoxy) is 1. The number of rotatable bonds is 3. The van der Waals surface area contributed by atoms with Gasteiger partial charge in [0.25, 0.3) is 11.8 Å². The molecule has 38 heavy (non-hydrogen) atoms. The van der Waals surface area contributed by atoms with Crippen molar-refractivity contribution in [3.63, 3.8) is 0 Å². The van der Waals surface area contributed by atoms with E-state index in [0.29, 0.717) is 34.1 Å². The van der Waals surface area contributed by atoms with Gasteiger partial charge in [0.05, 0.1) is 34.0 Å². The van der Waals surface area contributed by atoms with Crippen LogP contribution in [0.25, 0.3) is 21.2 Å². The van der Waals surface area contributed by atoms with Crippen LogP contribution in [-0.2, 0) is 10.3 Å². The van der Waals surface area contributed by atoms with Crippen molar-refractivity contribution in [3.05, 3.63) is 92.8 Å². The van der Waals surface area contributed by atoms with Crippen molar-refractivity contribution in [3.8, 4) is 5.75 Å². The summed E-state index contributed by atoms with van der Waals surface area (Å²) in [6, 6.07) is 17.2. The van der Waals surface area contributed by atoms with Crippen LogP contribution in [0.3, 0.4) is 0 Å². The second-order valence-electron chi connectivity index (χ2n) is 9.02. The van der Waals surface area contributed by atoms with Gasteiger partial charge in [-0.15, -0.1) is 0 Å². The number of amides is 2. The number of thiazole rings is 1. The molecule has 0 bridgehead atoms. The Morgan fingerprint density at radius 3 is 2.68 bits per heavy atom. The summed E-state index contributed by atoms with van der Waals surface area (Å²) in [5.74, 6) is -0.569. The molecule has 2 aliphatic heterocycles. The largest absolute Gasteiger partial charge is 0.497 e. The van der Waals surface area contributed by atoms with E-state index in [2.05, 4.69) is 0 Å². The zero-order chi connectivity index (χ0) is 26.3. The molecule has 3 aromatic carbocycles. The molecule has 2 amide bonds. The van der Waals surface area contributed by atoms with Gasteiger partial charge in [-0.25, -0.2) is 4.98 Å². The van der Waals surface area contributed by atoms with E-state index in [1.807, 2.05) is 25.1 Å². The normalized spacial score (nSPS) is 18.2. The van der Waals surface area contributed by atoms with Gasteiger partial charge in [-0.1, -0.05) is 41.1 Å². The summed E-state index contributed by atoms with van der Waals surface area (Å²) in [6.45, 7) is 2.19. The van der Waals surface area contributed by atoms with Crippen molar-refractivity contribution in [2.24, 2.45) is 0 Å². The molecule has 188 valence electrons. The van der Waals surface area contributed by atoms with Gasteiger partial charge < -0.3 is 14.1 Å². The van der Waals surface area contributed by atoms with Crippen LogP contribution in [0.5, 0.6) is 5.75 Å². The van der Waals surface area contributed by atoms with Gasteiger partial charge in [-0.2, -0.15) is 0 Å². The Kier molecular flexibility index (Phi) is 4.77. The first-order valence-electron chi connectivity index (χ1n) is 11.9. The van der Waals surface area contributed by atoms with Crippen LogP contribution < -0.4 is 20.0 Å². The average molecular weight is 544 g/mol. The molecule has 0 aliphatic carbocycles. The van der Waals surface area contributed by atoms with Gasteiger partial charge in [-0.05, 0) is 49.4 Å². The number of methoxy groups -OCH3 is 1. The zero-order valence-corrected chi connectivity index (χ0v) is 21.7. The lowest BCUT2D eigenvalue weighted by molar-refractivity contribution is -0.121. The van der Waals surface area contributed by atoms with E-state index in [-0.39, 0.29) is 27.4 Å². The topological polar surface area (TPSA) is 93.0 Å². The molecule has 0 radical (unpaired) electrons. The number of nitrogens with zero attached hydrogens (tertiary/aromatic N) is 3. The van der Waals surface area contributed by atoms with Crippen LogP contribution in [0.4, 0.5) is 10.8 Å². The number of likely N-dealkylation sites (N-methyl/N-ethyl adjacent to an activating group) is 1. The summed E-state index contributed by atoms with van der Waals surface area (Å²) in [5.41, 5.74) is -0.307. The molecule has 7 rings (SSSR count). The van der Waals surface area contributed by atoms with Gasteiger partial charge in [0.2, 0.25) is 5.76 Å². The number of fused-ring (bicyclic) bond motifs is 6. The highest BCUT2D eigenvalue weighted by Gasteiger charge is 2.66. The molecule has 8 nitrogen and oxygen atoms in total. The summed E-state index contributed by atoms with van der Waals surface area (Å²) in [5, 5.41) is 0.806. The minimum atomic E-state index is -1.78. The van der Waals surface area contributed by atoms with Gasteiger partial charge in [0.15, 0.2) is 16.1 Å². The quantitative estimate of drug-likeness (QED) is 0.305. The van der Waals surface area contributed by atoms with Crippen LogP contribution in [0.15, 0.2) is 69.9 Å². The molecule has 1 atom stereocenters. The highest BCUT2D eigenvalue weighted by Crippen LogP contribution is 2.54. The van der Waals surface area contributed by atoms with Crippen LogP contribution in [0, 0.1) is 0 Å². The Hall–Kier alpha value is -4.21. The molecule has 5 aromatic rings. The molecule has 1 unspecified atom stereocenters. The molecule has 4 heterocycles. The fraction of sp³-hybridized carbons (Fsp3) is 0.143. The SMILES string of the molecule is CCN1C(=O)C2(c3ccccc31)c1c(oc3ccc(Cl)cc3c1=O)C(=O)N2c1nc2ccc(OC)cc2s1. The van der Waals surface area contributed by atoms with E-state index in [9.17, 15) is 14.4 Å². The molecule has 2 aromatic heterocycles. The number of aromatic nitrogens is 1. The third-order valence-corrected chi connectivity index (χ3v) is 8.42. The van der Waals surface area contributed by atoms with Gasteiger partial charge in [-0.3, -0.25) is 19.3 Å². The van der Waals surface area contributed by atoms with E-state index >= 15 is 0 Å². The average Bonchev–Trinajstić information content (AvgIpc) is 3.53. The number of carbonyl (C=O) groups is 2. The number of hydrogen-bond acceptors (Lipinski definition) is 7. The molecule has 2 aliphatic rings. The summed E-state index contributed by atoms with van der Waals surface area (Å²) in [6.07, 6.45) is 0. The molecule has 1 spiro atoms. The molecule has 0 N–H and O–H groups in total. The van der Waals surface area contributed by atoms with Gasteiger partial charge in [0.1, 0.15) is 11.3 Å². The second-order valence-corrected chi connectivity index (χ2v) is 10.5. The monoisotopic (exact) mass is 543 g/mol. The molecule has 0 fully saturated rings. The van der Waals surface area contributed by atoms with Crippen molar-refractivity contribution in [2.45, 2.75) is 12.5 Å². The van der Waals surface area contributed by atoms with Crippen LogP contribution in [-0.4, -0.2) is 30.5 Å². The molecule has 0 saturated heterocycles. The Bertz CT molecular complexity index is 1910. The summed E-state index contributed by atoms with van der Waals surface area (Å²) >= 11 is 7.46. The summed E-state index contributed by atoms with van der Waals surface area (Å²) < 4.78 is 12.2. The fourth-order valence-electron chi connectivity index (χ4n) is 5.56. The van der Waals surface area contributed by atoms with E-state index in [1.165, 1.54) is 22.3 Å². The van der Waals surface area contributed by atoms with Crippen molar-refractivity contribution in [1.29, 1.82) is 0 Å². The number of para-hydroxylation sites is 1. The lowest BCUT2D eigenvalue weighted by atomic mass is 9.84.